The van der Waals surface area contributed by atoms with Crippen molar-refractivity contribution in [3.05, 3.63) is 88.3 Å². The zero-order valence-corrected chi connectivity index (χ0v) is 18.9. The molecule has 0 saturated carbocycles. The highest BCUT2D eigenvalue weighted by atomic mass is 32.2. The van der Waals surface area contributed by atoms with Crippen LogP contribution in [0.5, 0.6) is 11.5 Å². The number of fused-ring (bicyclic) bond motifs is 2. The van der Waals surface area contributed by atoms with Crippen LogP contribution in [0.25, 0.3) is 6.08 Å². The van der Waals surface area contributed by atoms with Crippen LogP contribution in [0.2, 0.25) is 0 Å². The molecular formula is C26H22N2O4S. The van der Waals surface area contributed by atoms with Gasteiger partial charge < -0.3 is 14.8 Å². The Bertz CT molecular complexity index is 1250. The number of benzene rings is 3. The standard InChI is InChI=1S/C26H22N2O4S/c1-17-6-8-18(9-7-17)13-24-26(30)28(20-4-2-3-5-23(20)33-24)15-25(29)27-14-19-10-11-21-22(12-19)32-16-31-21/h2-13H,14-16H2,1H3,(H,27,29)/b24-13+. The Balaban J connectivity index is 1.33. The number of anilines is 1. The zero-order valence-electron chi connectivity index (χ0n) is 18.0. The van der Waals surface area contributed by atoms with E-state index < -0.39 is 0 Å². The number of ether oxygens (including phenoxy) is 2. The zero-order chi connectivity index (χ0) is 22.8. The summed E-state index contributed by atoms with van der Waals surface area (Å²) in [5.74, 6) is 0.950. The van der Waals surface area contributed by atoms with Gasteiger partial charge in [0.2, 0.25) is 12.7 Å². The first-order chi connectivity index (χ1) is 16.1. The number of carbonyl (C=O) groups is 2. The molecule has 2 heterocycles. The molecule has 0 atom stereocenters. The van der Waals surface area contributed by atoms with Gasteiger partial charge in [-0.25, -0.2) is 0 Å². The predicted molar refractivity (Wildman–Crippen MR) is 128 cm³/mol. The normalized spacial score (nSPS) is 15.5. The van der Waals surface area contributed by atoms with Crippen LogP contribution >= 0.6 is 11.8 Å². The third-order valence-electron chi connectivity index (χ3n) is 5.44. The van der Waals surface area contributed by atoms with E-state index in [1.165, 1.54) is 11.8 Å². The molecule has 33 heavy (non-hydrogen) atoms. The highest BCUT2D eigenvalue weighted by Crippen LogP contribution is 2.42. The number of thioether (sulfide) groups is 1. The number of aryl methyl sites for hydroxylation is 1. The second-order valence-corrected chi connectivity index (χ2v) is 8.93. The molecule has 7 heteroatoms. The molecule has 0 spiro atoms. The summed E-state index contributed by atoms with van der Waals surface area (Å²) in [4.78, 5) is 29.2. The molecule has 2 aliphatic heterocycles. The van der Waals surface area contributed by atoms with Crippen molar-refractivity contribution in [2.75, 3.05) is 18.2 Å². The maximum Gasteiger partial charge on any atom is 0.265 e. The molecule has 0 radical (unpaired) electrons. The van der Waals surface area contributed by atoms with Crippen molar-refractivity contribution in [2.45, 2.75) is 18.4 Å². The maximum atomic E-state index is 13.3. The van der Waals surface area contributed by atoms with Crippen molar-refractivity contribution >= 4 is 35.3 Å². The van der Waals surface area contributed by atoms with E-state index in [9.17, 15) is 9.59 Å². The van der Waals surface area contributed by atoms with E-state index in [0.29, 0.717) is 22.9 Å². The number of rotatable bonds is 5. The fraction of sp³-hybridized carbons (Fsp3) is 0.154. The molecule has 0 aromatic heterocycles. The van der Waals surface area contributed by atoms with Crippen LogP contribution in [0.3, 0.4) is 0 Å². The molecule has 0 aliphatic carbocycles. The molecule has 2 aliphatic rings. The van der Waals surface area contributed by atoms with Crippen LogP contribution in [0.15, 0.2) is 76.5 Å². The molecule has 166 valence electrons. The van der Waals surface area contributed by atoms with Crippen molar-refractivity contribution in [1.29, 1.82) is 0 Å². The molecule has 0 saturated heterocycles. The molecule has 0 unspecified atom stereocenters. The van der Waals surface area contributed by atoms with Crippen LogP contribution in [0.1, 0.15) is 16.7 Å². The Kier molecular flexibility index (Phi) is 5.79. The second-order valence-electron chi connectivity index (χ2n) is 7.84. The molecule has 3 aromatic carbocycles. The Hall–Kier alpha value is -3.71. The van der Waals surface area contributed by atoms with Gasteiger partial charge in [-0.15, -0.1) is 0 Å². The summed E-state index contributed by atoms with van der Waals surface area (Å²) in [5.41, 5.74) is 3.74. The fourth-order valence-corrected chi connectivity index (χ4v) is 4.74. The molecule has 6 nitrogen and oxygen atoms in total. The van der Waals surface area contributed by atoms with E-state index in [1.807, 2.05) is 79.7 Å². The minimum Gasteiger partial charge on any atom is -0.454 e. The van der Waals surface area contributed by atoms with E-state index in [-0.39, 0.29) is 25.2 Å². The SMILES string of the molecule is Cc1ccc(/C=C2/Sc3ccccc3N(CC(=O)NCc3ccc4c(c3)OCO4)C2=O)cc1. The van der Waals surface area contributed by atoms with Gasteiger partial charge in [-0.3, -0.25) is 14.5 Å². The second kappa shape index (κ2) is 9.03. The third-order valence-corrected chi connectivity index (χ3v) is 6.51. The van der Waals surface area contributed by atoms with Gasteiger partial charge in [0.1, 0.15) is 6.54 Å². The minimum atomic E-state index is -0.239. The fourth-order valence-electron chi connectivity index (χ4n) is 3.68. The van der Waals surface area contributed by atoms with Crippen molar-refractivity contribution in [3.8, 4) is 11.5 Å². The van der Waals surface area contributed by atoms with Crippen molar-refractivity contribution in [3.63, 3.8) is 0 Å². The highest BCUT2D eigenvalue weighted by molar-refractivity contribution is 8.04. The lowest BCUT2D eigenvalue weighted by Gasteiger charge is -2.29. The smallest absolute Gasteiger partial charge is 0.265 e. The summed E-state index contributed by atoms with van der Waals surface area (Å²) in [6, 6.07) is 21.2. The number of nitrogens with zero attached hydrogens (tertiary/aromatic N) is 1. The van der Waals surface area contributed by atoms with Crippen LogP contribution in [-0.2, 0) is 16.1 Å². The largest absolute Gasteiger partial charge is 0.454 e. The summed E-state index contributed by atoms with van der Waals surface area (Å²) in [7, 11) is 0. The van der Waals surface area contributed by atoms with Gasteiger partial charge in [0.25, 0.3) is 5.91 Å². The summed E-state index contributed by atoms with van der Waals surface area (Å²) < 4.78 is 10.7. The number of hydrogen-bond donors (Lipinski definition) is 1. The average Bonchev–Trinajstić information content (AvgIpc) is 3.30. The van der Waals surface area contributed by atoms with E-state index >= 15 is 0 Å². The van der Waals surface area contributed by atoms with Crippen LogP contribution in [0, 0.1) is 6.92 Å². The summed E-state index contributed by atoms with van der Waals surface area (Å²) in [6.45, 7) is 2.50. The Morgan fingerprint density at radius 2 is 1.85 bits per heavy atom. The molecule has 0 fully saturated rings. The molecule has 5 rings (SSSR count). The Morgan fingerprint density at radius 3 is 2.70 bits per heavy atom. The van der Waals surface area contributed by atoms with Crippen molar-refractivity contribution in [1.82, 2.24) is 5.32 Å². The van der Waals surface area contributed by atoms with E-state index in [2.05, 4.69) is 5.32 Å². The first-order valence-corrected chi connectivity index (χ1v) is 11.4. The number of amides is 2. The summed E-state index contributed by atoms with van der Waals surface area (Å²) >= 11 is 1.43. The van der Waals surface area contributed by atoms with E-state index in [4.69, 9.17) is 9.47 Å². The molecule has 0 bridgehead atoms. The number of carbonyl (C=O) groups excluding carboxylic acids is 2. The monoisotopic (exact) mass is 458 g/mol. The number of nitrogens with one attached hydrogen (secondary N) is 1. The highest BCUT2D eigenvalue weighted by Gasteiger charge is 2.30. The molecule has 3 aromatic rings. The lowest BCUT2D eigenvalue weighted by molar-refractivity contribution is -0.122. The van der Waals surface area contributed by atoms with Gasteiger partial charge >= 0.3 is 0 Å². The molecule has 1 N–H and O–H groups in total. The van der Waals surface area contributed by atoms with Crippen LogP contribution < -0.4 is 19.7 Å². The predicted octanol–water partition coefficient (Wildman–Crippen LogP) is 4.52. The Labute approximate surface area is 196 Å². The summed E-state index contributed by atoms with van der Waals surface area (Å²) in [6.07, 6.45) is 1.87. The van der Waals surface area contributed by atoms with Gasteiger partial charge in [-0.05, 0) is 48.4 Å². The van der Waals surface area contributed by atoms with E-state index in [1.54, 1.807) is 4.90 Å². The van der Waals surface area contributed by atoms with E-state index in [0.717, 1.165) is 27.3 Å². The quantitative estimate of drug-likeness (QED) is 0.570. The lowest BCUT2D eigenvalue weighted by Crippen LogP contribution is -2.42. The van der Waals surface area contributed by atoms with Gasteiger partial charge in [0.15, 0.2) is 11.5 Å². The topological polar surface area (TPSA) is 67.9 Å². The van der Waals surface area contributed by atoms with Gasteiger partial charge in [0, 0.05) is 11.4 Å². The van der Waals surface area contributed by atoms with Crippen LogP contribution in [0.4, 0.5) is 5.69 Å². The maximum absolute atomic E-state index is 13.3. The molecular weight excluding hydrogens is 436 g/mol. The van der Waals surface area contributed by atoms with Crippen molar-refractivity contribution in [2.24, 2.45) is 0 Å². The minimum absolute atomic E-state index is 0.0633. The third kappa shape index (κ3) is 4.59. The van der Waals surface area contributed by atoms with Crippen LogP contribution in [-0.4, -0.2) is 25.2 Å². The number of para-hydroxylation sites is 1. The summed E-state index contributed by atoms with van der Waals surface area (Å²) in [5, 5.41) is 2.90. The first kappa shape index (κ1) is 21.2. The first-order valence-electron chi connectivity index (χ1n) is 10.6. The van der Waals surface area contributed by atoms with Gasteiger partial charge in [-0.1, -0.05) is 59.8 Å². The number of hydrogen-bond acceptors (Lipinski definition) is 5. The molecule has 2 amide bonds. The van der Waals surface area contributed by atoms with Crippen molar-refractivity contribution < 1.29 is 19.1 Å². The van der Waals surface area contributed by atoms with Gasteiger partial charge in [0.05, 0.1) is 10.6 Å². The Morgan fingerprint density at radius 1 is 1.06 bits per heavy atom. The lowest BCUT2D eigenvalue weighted by atomic mass is 10.1. The van der Waals surface area contributed by atoms with Gasteiger partial charge in [-0.2, -0.15) is 0 Å². The average molecular weight is 459 g/mol.